The van der Waals surface area contributed by atoms with Crippen molar-refractivity contribution in [3.05, 3.63) is 23.5 Å². The third-order valence-electron chi connectivity index (χ3n) is 3.19. The first-order valence-corrected chi connectivity index (χ1v) is 6.41. The zero-order valence-electron chi connectivity index (χ0n) is 11.8. The number of anilines is 1. The summed E-state index contributed by atoms with van der Waals surface area (Å²) in [7, 11) is 1.61. The molecule has 0 bridgehead atoms. The van der Waals surface area contributed by atoms with Crippen LogP contribution in [0.3, 0.4) is 0 Å². The summed E-state index contributed by atoms with van der Waals surface area (Å²) in [6, 6.07) is 3.08. The van der Waals surface area contributed by atoms with Gasteiger partial charge in [-0.05, 0) is 41.5 Å². The third kappa shape index (κ3) is 2.62. The number of benzene rings is 1. The summed E-state index contributed by atoms with van der Waals surface area (Å²) >= 11 is 0. The Kier molecular flexibility index (Phi) is 4.29. The number of hydrogen-bond donors (Lipinski definition) is 1. The van der Waals surface area contributed by atoms with Crippen LogP contribution < -0.4 is 5.73 Å². The van der Waals surface area contributed by atoms with E-state index in [1.54, 1.807) is 30.8 Å². The Hall–Kier alpha value is -2.02. The summed E-state index contributed by atoms with van der Waals surface area (Å²) in [5.41, 5.74) is 7.04. The fourth-order valence-corrected chi connectivity index (χ4v) is 2.13. The average molecular weight is 279 g/mol. The van der Waals surface area contributed by atoms with E-state index in [1.165, 1.54) is 0 Å². The number of halogens is 1. The lowest BCUT2D eigenvalue weighted by molar-refractivity contribution is 0.147. The highest BCUT2D eigenvalue weighted by molar-refractivity contribution is 5.63. The van der Waals surface area contributed by atoms with Crippen LogP contribution in [0.1, 0.15) is 24.9 Å². The van der Waals surface area contributed by atoms with Crippen LogP contribution >= 0.6 is 0 Å². The van der Waals surface area contributed by atoms with E-state index < -0.39 is 0 Å². The molecule has 1 aromatic carbocycles. The molecule has 0 amide bonds. The van der Waals surface area contributed by atoms with Gasteiger partial charge in [0, 0.05) is 12.8 Å². The maximum Gasteiger partial charge on any atom is 0.185 e. The third-order valence-corrected chi connectivity index (χ3v) is 3.19. The smallest absolute Gasteiger partial charge is 0.185 e. The van der Waals surface area contributed by atoms with Gasteiger partial charge in [-0.2, -0.15) is 0 Å². The molecular formula is C13H18FN5O. The molecule has 2 rings (SSSR count). The molecule has 2 aromatic rings. The first-order valence-electron chi connectivity index (χ1n) is 6.41. The zero-order chi connectivity index (χ0) is 14.7. The van der Waals surface area contributed by atoms with Crippen molar-refractivity contribution < 1.29 is 9.13 Å². The van der Waals surface area contributed by atoms with Crippen molar-refractivity contribution in [3.63, 3.8) is 0 Å². The minimum absolute atomic E-state index is 0.0499. The Bertz CT molecular complexity index is 598. The second kappa shape index (κ2) is 5.96. The SMILES string of the molecule is CCC(COC)n1nnnc1-c1cc(N)cc(C)c1F. The largest absolute Gasteiger partial charge is 0.399 e. The topological polar surface area (TPSA) is 78.8 Å². The highest BCUT2D eigenvalue weighted by Gasteiger charge is 2.20. The van der Waals surface area contributed by atoms with E-state index >= 15 is 0 Å². The molecule has 0 aliphatic carbocycles. The van der Waals surface area contributed by atoms with E-state index in [0.717, 1.165) is 6.42 Å². The Balaban J connectivity index is 2.52. The summed E-state index contributed by atoms with van der Waals surface area (Å²) in [6.07, 6.45) is 0.773. The number of aromatic nitrogens is 4. The molecule has 0 saturated heterocycles. The Morgan fingerprint density at radius 1 is 1.45 bits per heavy atom. The molecule has 0 aliphatic rings. The van der Waals surface area contributed by atoms with E-state index in [1.807, 2.05) is 6.92 Å². The quantitative estimate of drug-likeness (QED) is 0.846. The van der Waals surface area contributed by atoms with Gasteiger partial charge in [0.05, 0.1) is 18.2 Å². The normalized spacial score (nSPS) is 12.6. The molecule has 2 N–H and O–H groups in total. The molecule has 6 nitrogen and oxygen atoms in total. The highest BCUT2D eigenvalue weighted by atomic mass is 19.1. The molecule has 20 heavy (non-hydrogen) atoms. The summed E-state index contributed by atoms with van der Waals surface area (Å²) in [5.74, 6) is 0.00400. The van der Waals surface area contributed by atoms with Crippen molar-refractivity contribution in [2.75, 3.05) is 19.5 Å². The average Bonchev–Trinajstić information content (AvgIpc) is 2.89. The fourth-order valence-electron chi connectivity index (χ4n) is 2.13. The lowest BCUT2D eigenvalue weighted by Gasteiger charge is -2.16. The van der Waals surface area contributed by atoms with Gasteiger partial charge in [-0.3, -0.25) is 0 Å². The maximum absolute atomic E-state index is 14.3. The first-order chi connectivity index (χ1) is 9.58. The molecule has 108 valence electrons. The number of nitrogens with zero attached hydrogens (tertiary/aromatic N) is 4. The number of nitrogens with two attached hydrogens (primary N) is 1. The van der Waals surface area contributed by atoms with E-state index in [4.69, 9.17) is 10.5 Å². The first kappa shape index (κ1) is 14.4. The maximum atomic E-state index is 14.3. The van der Waals surface area contributed by atoms with Crippen LogP contribution in [0.5, 0.6) is 0 Å². The zero-order valence-corrected chi connectivity index (χ0v) is 11.8. The van der Waals surface area contributed by atoms with E-state index in [-0.39, 0.29) is 11.9 Å². The molecule has 1 unspecified atom stereocenters. The van der Waals surface area contributed by atoms with Crippen molar-refractivity contribution in [2.24, 2.45) is 0 Å². The predicted molar refractivity (Wildman–Crippen MR) is 73.6 cm³/mol. The molecule has 7 heteroatoms. The van der Waals surface area contributed by atoms with Crippen LogP contribution in [0.4, 0.5) is 10.1 Å². The van der Waals surface area contributed by atoms with Crippen molar-refractivity contribution in [1.82, 2.24) is 20.2 Å². The van der Waals surface area contributed by atoms with Gasteiger partial charge >= 0.3 is 0 Å². The van der Waals surface area contributed by atoms with E-state index in [9.17, 15) is 4.39 Å². The van der Waals surface area contributed by atoms with Crippen LogP contribution in [0.15, 0.2) is 12.1 Å². The molecule has 0 fully saturated rings. The molecule has 0 aliphatic heterocycles. The van der Waals surface area contributed by atoms with Crippen LogP contribution in [0, 0.1) is 12.7 Å². The number of ether oxygens (including phenoxy) is 1. The molecule has 1 heterocycles. The summed E-state index contributed by atoms with van der Waals surface area (Å²) < 4.78 is 21.0. The van der Waals surface area contributed by atoms with E-state index in [0.29, 0.717) is 29.2 Å². The van der Waals surface area contributed by atoms with Crippen LogP contribution in [-0.2, 0) is 4.74 Å². The van der Waals surface area contributed by atoms with Crippen LogP contribution in [0.2, 0.25) is 0 Å². The molecular weight excluding hydrogens is 261 g/mol. The fraction of sp³-hybridized carbons (Fsp3) is 0.462. The highest BCUT2D eigenvalue weighted by Crippen LogP contribution is 2.27. The standard InChI is InChI=1S/C13H18FN5O/c1-4-10(7-20-3)19-13(16-17-18-19)11-6-9(15)5-8(2)12(11)14/h5-6,10H,4,7,15H2,1-3H3. The summed E-state index contributed by atoms with van der Waals surface area (Å²) in [6.45, 7) is 4.11. The number of rotatable bonds is 5. The van der Waals surface area contributed by atoms with Gasteiger partial charge in [-0.1, -0.05) is 6.92 Å². The number of aryl methyl sites for hydroxylation is 1. The molecule has 0 saturated carbocycles. The second-order valence-corrected chi connectivity index (χ2v) is 4.66. The van der Waals surface area contributed by atoms with Crippen LogP contribution in [0.25, 0.3) is 11.4 Å². The minimum atomic E-state index is -0.359. The van der Waals surface area contributed by atoms with Gasteiger partial charge in [-0.15, -0.1) is 5.10 Å². The summed E-state index contributed by atoms with van der Waals surface area (Å²) in [5, 5.41) is 11.5. The Morgan fingerprint density at radius 2 is 2.20 bits per heavy atom. The molecule has 1 aromatic heterocycles. The van der Waals surface area contributed by atoms with Crippen molar-refractivity contribution in [1.29, 1.82) is 0 Å². The number of hydrogen-bond acceptors (Lipinski definition) is 5. The summed E-state index contributed by atoms with van der Waals surface area (Å²) in [4.78, 5) is 0. The van der Waals surface area contributed by atoms with Crippen LogP contribution in [-0.4, -0.2) is 33.9 Å². The van der Waals surface area contributed by atoms with Gasteiger partial charge in [0.25, 0.3) is 0 Å². The molecule has 0 spiro atoms. The van der Waals surface area contributed by atoms with Crippen molar-refractivity contribution in [3.8, 4) is 11.4 Å². The predicted octanol–water partition coefficient (Wildman–Crippen LogP) is 1.97. The van der Waals surface area contributed by atoms with Gasteiger partial charge in [0.1, 0.15) is 5.82 Å². The lowest BCUT2D eigenvalue weighted by atomic mass is 10.1. The van der Waals surface area contributed by atoms with Gasteiger partial charge in [0.15, 0.2) is 5.82 Å². The monoisotopic (exact) mass is 279 g/mol. The molecule has 0 radical (unpaired) electrons. The van der Waals surface area contributed by atoms with Crippen molar-refractivity contribution in [2.45, 2.75) is 26.3 Å². The van der Waals surface area contributed by atoms with Gasteiger partial charge in [-0.25, -0.2) is 9.07 Å². The minimum Gasteiger partial charge on any atom is -0.399 e. The second-order valence-electron chi connectivity index (χ2n) is 4.66. The Labute approximate surface area is 116 Å². The van der Waals surface area contributed by atoms with Gasteiger partial charge < -0.3 is 10.5 Å². The number of nitrogen functional groups attached to an aromatic ring is 1. The van der Waals surface area contributed by atoms with Gasteiger partial charge in [0.2, 0.25) is 0 Å². The van der Waals surface area contributed by atoms with Crippen molar-refractivity contribution >= 4 is 5.69 Å². The Morgan fingerprint density at radius 3 is 2.85 bits per heavy atom. The number of tetrazole rings is 1. The number of methoxy groups -OCH3 is 1. The molecule has 1 atom stereocenters. The lowest BCUT2D eigenvalue weighted by Crippen LogP contribution is -2.17. The van der Waals surface area contributed by atoms with E-state index in [2.05, 4.69) is 15.5 Å².